The molecular formula is C16H25N3O2. The largest absolute Gasteiger partial charge is 0.381 e. The van der Waals surface area contributed by atoms with Gasteiger partial charge in [0, 0.05) is 26.3 Å². The van der Waals surface area contributed by atoms with Crippen LogP contribution in [-0.4, -0.2) is 37.6 Å². The first kappa shape index (κ1) is 15.9. The number of carbonyl (C=O) groups is 1. The first-order valence-corrected chi connectivity index (χ1v) is 7.51. The second-order valence-corrected chi connectivity index (χ2v) is 5.81. The Bertz CT molecular complexity index is 441. The Balaban J connectivity index is 1.80. The van der Waals surface area contributed by atoms with Crippen molar-refractivity contribution >= 4 is 5.91 Å². The molecule has 21 heavy (non-hydrogen) atoms. The van der Waals surface area contributed by atoms with Crippen LogP contribution in [0.25, 0.3) is 0 Å². The van der Waals surface area contributed by atoms with E-state index in [0.717, 1.165) is 50.6 Å². The van der Waals surface area contributed by atoms with Gasteiger partial charge in [0.1, 0.15) is 0 Å². The van der Waals surface area contributed by atoms with E-state index in [1.807, 2.05) is 12.1 Å². The molecule has 1 aliphatic rings. The molecule has 3 N–H and O–H groups in total. The second kappa shape index (κ2) is 8.12. The number of rotatable bonds is 6. The zero-order chi connectivity index (χ0) is 15.1. The van der Waals surface area contributed by atoms with Gasteiger partial charge in [0.05, 0.1) is 6.42 Å². The number of nitrogens with two attached hydrogens (primary N) is 1. The van der Waals surface area contributed by atoms with Crippen LogP contribution in [0.5, 0.6) is 0 Å². The van der Waals surface area contributed by atoms with Crippen LogP contribution in [0.1, 0.15) is 24.0 Å². The molecule has 1 amide bonds. The molecule has 1 fully saturated rings. The molecule has 116 valence electrons. The first-order chi connectivity index (χ1) is 10.2. The molecule has 1 saturated heterocycles. The normalized spacial score (nSPS) is 16.1. The smallest absolute Gasteiger partial charge is 0.238 e. The Kier molecular flexibility index (Phi) is 6.17. The van der Waals surface area contributed by atoms with Gasteiger partial charge in [-0.3, -0.25) is 10.2 Å². The average Bonchev–Trinajstić information content (AvgIpc) is 2.50. The number of hydrogen-bond donors (Lipinski definition) is 2. The summed E-state index contributed by atoms with van der Waals surface area (Å²) < 4.78 is 5.39. The molecule has 0 aliphatic carbocycles. The monoisotopic (exact) mass is 291 g/mol. The predicted molar refractivity (Wildman–Crippen MR) is 82.4 cm³/mol. The third-order valence-electron chi connectivity index (χ3n) is 3.91. The molecule has 5 heteroatoms. The number of nitrogens with one attached hydrogen (secondary N) is 1. The fourth-order valence-corrected chi connectivity index (χ4v) is 2.74. The van der Waals surface area contributed by atoms with E-state index in [2.05, 4.69) is 29.5 Å². The van der Waals surface area contributed by atoms with Crippen LogP contribution < -0.4 is 11.3 Å². The first-order valence-electron chi connectivity index (χ1n) is 7.51. The summed E-state index contributed by atoms with van der Waals surface area (Å²) in [6.07, 6.45) is 2.66. The van der Waals surface area contributed by atoms with Gasteiger partial charge in [-0.15, -0.1) is 0 Å². The summed E-state index contributed by atoms with van der Waals surface area (Å²) in [5.74, 6) is 5.67. The highest BCUT2D eigenvalue weighted by Gasteiger charge is 2.15. The fourth-order valence-electron chi connectivity index (χ4n) is 2.74. The zero-order valence-electron chi connectivity index (χ0n) is 12.7. The number of carbonyl (C=O) groups excluding carboxylic acids is 1. The van der Waals surface area contributed by atoms with Crippen molar-refractivity contribution in [3.63, 3.8) is 0 Å². The summed E-state index contributed by atoms with van der Waals surface area (Å²) >= 11 is 0. The van der Waals surface area contributed by atoms with Crippen molar-refractivity contribution in [3.05, 3.63) is 35.4 Å². The van der Waals surface area contributed by atoms with E-state index < -0.39 is 0 Å². The quantitative estimate of drug-likeness (QED) is 0.467. The van der Waals surface area contributed by atoms with E-state index in [4.69, 9.17) is 10.6 Å². The van der Waals surface area contributed by atoms with Crippen molar-refractivity contribution in [2.75, 3.05) is 26.8 Å². The molecule has 0 saturated carbocycles. The molecule has 1 heterocycles. The Hall–Kier alpha value is -1.43. The van der Waals surface area contributed by atoms with Crippen LogP contribution >= 0.6 is 0 Å². The highest BCUT2D eigenvalue weighted by atomic mass is 16.5. The number of ether oxygens (including phenoxy) is 1. The Morgan fingerprint density at radius 1 is 1.29 bits per heavy atom. The number of hydrogen-bond acceptors (Lipinski definition) is 4. The number of nitrogens with zero attached hydrogens (tertiary/aromatic N) is 1. The molecule has 0 radical (unpaired) electrons. The van der Waals surface area contributed by atoms with Crippen LogP contribution in [0.15, 0.2) is 24.3 Å². The number of hydrazine groups is 1. The van der Waals surface area contributed by atoms with Gasteiger partial charge in [-0.1, -0.05) is 24.3 Å². The Labute approximate surface area is 126 Å². The van der Waals surface area contributed by atoms with Crippen LogP contribution in [0.2, 0.25) is 0 Å². The number of amides is 1. The third kappa shape index (κ3) is 5.46. The van der Waals surface area contributed by atoms with Gasteiger partial charge in [0.15, 0.2) is 0 Å². The lowest BCUT2D eigenvalue weighted by Gasteiger charge is -2.27. The minimum Gasteiger partial charge on any atom is -0.381 e. The van der Waals surface area contributed by atoms with Gasteiger partial charge in [0.2, 0.25) is 5.91 Å². The molecule has 0 unspecified atom stereocenters. The van der Waals surface area contributed by atoms with Crippen LogP contribution in [0.4, 0.5) is 0 Å². The van der Waals surface area contributed by atoms with Gasteiger partial charge < -0.3 is 9.64 Å². The van der Waals surface area contributed by atoms with Crippen molar-refractivity contribution in [1.29, 1.82) is 0 Å². The minimum absolute atomic E-state index is 0.167. The molecule has 0 spiro atoms. The van der Waals surface area contributed by atoms with Gasteiger partial charge in [-0.05, 0) is 36.9 Å². The van der Waals surface area contributed by atoms with Gasteiger partial charge in [-0.25, -0.2) is 5.84 Å². The third-order valence-corrected chi connectivity index (χ3v) is 3.91. The van der Waals surface area contributed by atoms with E-state index in [1.165, 1.54) is 5.56 Å². The number of benzene rings is 1. The molecule has 5 nitrogen and oxygen atoms in total. The standard InChI is InChI=1S/C16H25N3O2/c1-19(12-15-6-8-21-9-7-15)11-14-4-2-13(3-5-14)10-16(20)18-17/h2-5,15H,6-12,17H2,1H3,(H,18,20). The van der Waals surface area contributed by atoms with E-state index in [9.17, 15) is 4.79 Å². The molecule has 1 aliphatic heterocycles. The summed E-state index contributed by atoms with van der Waals surface area (Å²) in [6.45, 7) is 3.84. The molecule has 1 aromatic rings. The van der Waals surface area contributed by atoms with Crippen molar-refractivity contribution in [2.45, 2.75) is 25.8 Å². The van der Waals surface area contributed by atoms with E-state index in [-0.39, 0.29) is 5.91 Å². The molecule has 0 aromatic heterocycles. The highest BCUT2D eigenvalue weighted by molar-refractivity contribution is 5.77. The van der Waals surface area contributed by atoms with Crippen molar-refractivity contribution < 1.29 is 9.53 Å². The van der Waals surface area contributed by atoms with E-state index >= 15 is 0 Å². The maximum atomic E-state index is 11.2. The maximum Gasteiger partial charge on any atom is 0.238 e. The van der Waals surface area contributed by atoms with Gasteiger partial charge >= 0.3 is 0 Å². The predicted octanol–water partition coefficient (Wildman–Crippen LogP) is 1.08. The molecule has 0 bridgehead atoms. The summed E-state index contributed by atoms with van der Waals surface area (Å²) in [6, 6.07) is 8.15. The van der Waals surface area contributed by atoms with Crippen molar-refractivity contribution in [1.82, 2.24) is 10.3 Å². The minimum atomic E-state index is -0.167. The van der Waals surface area contributed by atoms with Crippen LogP contribution in [0.3, 0.4) is 0 Å². The SMILES string of the molecule is CN(Cc1ccc(CC(=O)NN)cc1)CC1CCOCC1. The van der Waals surface area contributed by atoms with E-state index in [0.29, 0.717) is 6.42 Å². The lowest BCUT2D eigenvalue weighted by atomic mass is 9.99. The van der Waals surface area contributed by atoms with Crippen molar-refractivity contribution in [2.24, 2.45) is 11.8 Å². The molecule has 1 aromatic carbocycles. The van der Waals surface area contributed by atoms with Crippen LogP contribution in [-0.2, 0) is 22.5 Å². The zero-order valence-corrected chi connectivity index (χ0v) is 12.7. The summed E-state index contributed by atoms with van der Waals surface area (Å²) in [7, 11) is 2.16. The van der Waals surface area contributed by atoms with Crippen molar-refractivity contribution in [3.8, 4) is 0 Å². The lowest BCUT2D eigenvalue weighted by molar-refractivity contribution is -0.120. The maximum absolute atomic E-state index is 11.2. The average molecular weight is 291 g/mol. The molecular weight excluding hydrogens is 266 g/mol. The van der Waals surface area contributed by atoms with Gasteiger partial charge in [0.25, 0.3) is 0 Å². The topological polar surface area (TPSA) is 67.6 Å². The summed E-state index contributed by atoms with van der Waals surface area (Å²) in [4.78, 5) is 13.6. The fraction of sp³-hybridized carbons (Fsp3) is 0.562. The summed E-state index contributed by atoms with van der Waals surface area (Å²) in [5.41, 5.74) is 4.39. The van der Waals surface area contributed by atoms with E-state index in [1.54, 1.807) is 0 Å². The molecule has 2 rings (SSSR count). The molecule has 0 atom stereocenters. The Morgan fingerprint density at radius 2 is 1.90 bits per heavy atom. The highest BCUT2D eigenvalue weighted by Crippen LogP contribution is 2.16. The van der Waals surface area contributed by atoms with Gasteiger partial charge in [-0.2, -0.15) is 0 Å². The Morgan fingerprint density at radius 3 is 2.52 bits per heavy atom. The second-order valence-electron chi connectivity index (χ2n) is 5.81. The lowest BCUT2D eigenvalue weighted by Crippen LogP contribution is -2.31. The van der Waals surface area contributed by atoms with Crippen LogP contribution in [0, 0.1) is 5.92 Å². The summed E-state index contributed by atoms with van der Waals surface area (Å²) in [5, 5.41) is 0.